The molecule has 4 heteroatoms. The van der Waals surface area contributed by atoms with Gasteiger partial charge in [-0.15, -0.1) is 0 Å². The standard InChI is InChI=1S/C13H20FNO2/c1-15(8-2-10-16)9-3-11-17-13-6-4-12(14)5-7-13/h4-7,16H,2-3,8-11H2,1H3. The first-order valence-corrected chi connectivity index (χ1v) is 5.90. The van der Waals surface area contributed by atoms with E-state index in [1.54, 1.807) is 12.1 Å². The zero-order valence-electron chi connectivity index (χ0n) is 10.2. The number of hydrogen-bond donors (Lipinski definition) is 1. The quantitative estimate of drug-likeness (QED) is 0.706. The van der Waals surface area contributed by atoms with E-state index in [-0.39, 0.29) is 12.4 Å². The number of rotatable bonds is 8. The van der Waals surface area contributed by atoms with Gasteiger partial charge in [-0.05, 0) is 44.2 Å². The van der Waals surface area contributed by atoms with Crippen LogP contribution in [0.1, 0.15) is 12.8 Å². The second-order valence-corrected chi connectivity index (χ2v) is 4.04. The van der Waals surface area contributed by atoms with Crippen molar-refractivity contribution in [3.63, 3.8) is 0 Å². The SMILES string of the molecule is CN(CCCO)CCCOc1ccc(F)cc1. The van der Waals surface area contributed by atoms with Crippen LogP contribution in [0.5, 0.6) is 5.75 Å². The molecule has 1 aromatic carbocycles. The summed E-state index contributed by atoms with van der Waals surface area (Å²) in [6.45, 7) is 2.68. The van der Waals surface area contributed by atoms with Crippen molar-refractivity contribution < 1.29 is 14.2 Å². The van der Waals surface area contributed by atoms with Crippen LogP contribution in [-0.4, -0.2) is 43.4 Å². The highest BCUT2D eigenvalue weighted by atomic mass is 19.1. The highest BCUT2D eigenvalue weighted by Gasteiger charge is 1.98. The van der Waals surface area contributed by atoms with Crippen LogP contribution in [0.15, 0.2) is 24.3 Å². The summed E-state index contributed by atoms with van der Waals surface area (Å²) in [6.07, 6.45) is 1.72. The molecule has 1 N–H and O–H groups in total. The van der Waals surface area contributed by atoms with E-state index in [0.29, 0.717) is 12.4 Å². The molecule has 0 atom stereocenters. The molecule has 0 unspecified atom stereocenters. The van der Waals surface area contributed by atoms with Crippen LogP contribution in [0.25, 0.3) is 0 Å². The molecule has 0 aromatic heterocycles. The number of hydrogen-bond acceptors (Lipinski definition) is 3. The third-order valence-electron chi connectivity index (χ3n) is 2.46. The Bertz CT molecular complexity index is 303. The molecule has 0 fully saturated rings. The van der Waals surface area contributed by atoms with E-state index < -0.39 is 0 Å². The number of halogens is 1. The Hall–Kier alpha value is -1.13. The molecule has 0 aliphatic heterocycles. The van der Waals surface area contributed by atoms with Crippen molar-refractivity contribution >= 4 is 0 Å². The summed E-state index contributed by atoms with van der Waals surface area (Å²) in [7, 11) is 2.02. The van der Waals surface area contributed by atoms with Crippen LogP contribution in [0.3, 0.4) is 0 Å². The van der Waals surface area contributed by atoms with Crippen molar-refractivity contribution in [2.45, 2.75) is 12.8 Å². The summed E-state index contributed by atoms with van der Waals surface area (Å²) >= 11 is 0. The van der Waals surface area contributed by atoms with Crippen molar-refractivity contribution in [3.05, 3.63) is 30.1 Å². The lowest BCUT2D eigenvalue weighted by atomic mass is 10.3. The number of ether oxygens (including phenoxy) is 1. The molecular formula is C13H20FNO2. The first-order valence-electron chi connectivity index (χ1n) is 5.90. The molecule has 0 heterocycles. The van der Waals surface area contributed by atoms with Gasteiger partial charge in [0, 0.05) is 19.7 Å². The molecule has 0 aliphatic carbocycles. The molecule has 1 rings (SSSR count). The predicted octanol–water partition coefficient (Wildman–Crippen LogP) is 1.91. The summed E-state index contributed by atoms with van der Waals surface area (Å²) in [5.74, 6) is 0.450. The van der Waals surface area contributed by atoms with E-state index in [2.05, 4.69) is 4.90 Å². The van der Waals surface area contributed by atoms with Crippen LogP contribution in [0.2, 0.25) is 0 Å². The first-order chi connectivity index (χ1) is 8.22. The minimum absolute atomic E-state index is 0.233. The van der Waals surface area contributed by atoms with Gasteiger partial charge in [0.05, 0.1) is 6.61 Å². The lowest BCUT2D eigenvalue weighted by molar-refractivity contribution is 0.231. The molecule has 1 aromatic rings. The molecule has 0 bridgehead atoms. The Kier molecular flexibility index (Phi) is 6.58. The van der Waals surface area contributed by atoms with Gasteiger partial charge >= 0.3 is 0 Å². The van der Waals surface area contributed by atoms with Crippen LogP contribution in [0.4, 0.5) is 4.39 Å². The fourth-order valence-electron chi connectivity index (χ4n) is 1.51. The lowest BCUT2D eigenvalue weighted by Crippen LogP contribution is -2.23. The van der Waals surface area contributed by atoms with Gasteiger partial charge in [0.1, 0.15) is 11.6 Å². The van der Waals surface area contributed by atoms with Crippen LogP contribution >= 0.6 is 0 Å². The Labute approximate surface area is 102 Å². The fraction of sp³-hybridized carbons (Fsp3) is 0.538. The largest absolute Gasteiger partial charge is 0.494 e. The maximum Gasteiger partial charge on any atom is 0.123 e. The molecule has 3 nitrogen and oxygen atoms in total. The Morgan fingerprint density at radius 2 is 1.82 bits per heavy atom. The van der Waals surface area contributed by atoms with Crippen LogP contribution < -0.4 is 4.74 Å². The second kappa shape index (κ2) is 8.03. The predicted molar refractivity (Wildman–Crippen MR) is 65.7 cm³/mol. The Morgan fingerprint density at radius 3 is 2.47 bits per heavy atom. The van der Waals surface area contributed by atoms with Gasteiger partial charge in [0.2, 0.25) is 0 Å². The highest BCUT2D eigenvalue weighted by Crippen LogP contribution is 2.11. The maximum atomic E-state index is 12.6. The molecule has 0 radical (unpaired) electrons. The topological polar surface area (TPSA) is 32.7 Å². The smallest absolute Gasteiger partial charge is 0.123 e. The van der Waals surface area contributed by atoms with Crippen molar-refractivity contribution in [2.24, 2.45) is 0 Å². The molecule has 0 spiro atoms. The summed E-state index contributed by atoms with van der Waals surface area (Å²) in [4.78, 5) is 2.16. The third kappa shape index (κ3) is 6.24. The van der Waals surface area contributed by atoms with Gasteiger partial charge in [0.15, 0.2) is 0 Å². The van der Waals surface area contributed by atoms with Gasteiger partial charge in [-0.1, -0.05) is 0 Å². The summed E-state index contributed by atoms with van der Waals surface area (Å²) in [5, 5.41) is 8.68. The first kappa shape index (κ1) is 13.9. The van der Waals surface area contributed by atoms with E-state index in [0.717, 1.165) is 25.9 Å². The van der Waals surface area contributed by atoms with E-state index >= 15 is 0 Å². The average molecular weight is 241 g/mol. The lowest BCUT2D eigenvalue weighted by Gasteiger charge is -2.15. The van der Waals surface area contributed by atoms with Crippen molar-refractivity contribution in [1.29, 1.82) is 0 Å². The molecular weight excluding hydrogens is 221 g/mol. The van der Waals surface area contributed by atoms with E-state index in [1.165, 1.54) is 12.1 Å². The number of aliphatic hydroxyl groups excluding tert-OH is 1. The molecule has 0 saturated heterocycles. The van der Waals surface area contributed by atoms with Gasteiger partial charge in [-0.3, -0.25) is 0 Å². The Balaban J connectivity index is 2.09. The molecule has 0 saturated carbocycles. The van der Waals surface area contributed by atoms with Gasteiger partial charge in [-0.25, -0.2) is 4.39 Å². The maximum absolute atomic E-state index is 12.6. The minimum Gasteiger partial charge on any atom is -0.494 e. The van der Waals surface area contributed by atoms with Crippen molar-refractivity contribution in [3.8, 4) is 5.75 Å². The summed E-state index contributed by atoms with van der Waals surface area (Å²) < 4.78 is 18.1. The van der Waals surface area contributed by atoms with Crippen LogP contribution in [0, 0.1) is 5.82 Å². The van der Waals surface area contributed by atoms with E-state index in [9.17, 15) is 4.39 Å². The van der Waals surface area contributed by atoms with E-state index in [4.69, 9.17) is 9.84 Å². The second-order valence-electron chi connectivity index (χ2n) is 4.04. The fourth-order valence-corrected chi connectivity index (χ4v) is 1.51. The van der Waals surface area contributed by atoms with Gasteiger partial charge in [0.25, 0.3) is 0 Å². The van der Waals surface area contributed by atoms with Crippen molar-refractivity contribution in [2.75, 3.05) is 33.4 Å². The molecule has 96 valence electrons. The monoisotopic (exact) mass is 241 g/mol. The third-order valence-corrected chi connectivity index (χ3v) is 2.46. The van der Waals surface area contributed by atoms with E-state index in [1.807, 2.05) is 7.05 Å². The van der Waals surface area contributed by atoms with Crippen molar-refractivity contribution in [1.82, 2.24) is 4.90 Å². The number of aliphatic hydroxyl groups is 1. The zero-order chi connectivity index (χ0) is 12.5. The molecule has 0 amide bonds. The zero-order valence-corrected chi connectivity index (χ0v) is 10.2. The normalized spacial score (nSPS) is 10.8. The van der Waals surface area contributed by atoms with Gasteiger partial charge in [-0.2, -0.15) is 0 Å². The van der Waals surface area contributed by atoms with Gasteiger partial charge < -0.3 is 14.7 Å². The highest BCUT2D eigenvalue weighted by molar-refractivity contribution is 5.21. The minimum atomic E-state index is -0.249. The Morgan fingerprint density at radius 1 is 1.18 bits per heavy atom. The number of nitrogens with zero attached hydrogens (tertiary/aromatic N) is 1. The number of benzene rings is 1. The molecule has 0 aliphatic rings. The molecule has 17 heavy (non-hydrogen) atoms. The average Bonchev–Trinajstić information content (AvgIpc) is 2.34. The van der Waals surface area contributed by atoms with Crippen LogP contribution in [-0.2, 0) is 0 Å². The summed E-state index contributed by atoms with van der Waals surface area (Å²) in [5.41, 5.74) is 0. The summed E-state index contributed by atoms with van der Waals surface area (Å²) in [6, 6.07) is 6.04.